The summed E-state index contributed by atoms with van der Waals surface area (Å²) >= 11 is 5.85. The van der Waals surface area contributed by atoms with Crippen molar-refractivity contribution in [2.75, 3.05) is 25.7 Å². The third kappa shape index (κ3) is 12.8. The van der Waals surface area contributed by atoms with Crippen molar-refractivity contribution in [1.29, 1.82) is 0 Å². The third-order valence-corrected chi connectivity index (χ3v) is 6.24. The van der Waals surface area contributed by atoms with Gasteiger partial charge in [0.25, 0.3) is 0 Å². The minimum atomic E-state index is -2.51. The summed E-state index contributed by atoms with van der Waals surface area (Å²) < 4.78 is 18.3. The minimum Gasteiger partial charge on any atom is -0.373 e. The number of halogens is 1. The van der Waals surface area contributed by atoms with E-state index >= 15 is 0 Å². The molecule has 0 atom stereocenters. The molecule has 6 heteroatoms. The molecule has 0 bridgehead atoms. The van der Waals surface area contributed by atoms with Crippen LogP contribution in [0.25, 0.3) is 0 Å². The molecule has 0 aliphatic carbocycles. The molecule has 21 heavy (non-hydrogen) atoms. The van der Waals surface area contributed by atoms with Crippen molar-refractivity contribution in [3.8, 4) is 0 Å². The molecule has 0 fully saturated rings. The number of rotatable bonds is 15. The first-order valence-electron chi connectivity index (χ1n) is 8.22. The Balaban J connectivity index is 0. The Hall–Kier alpha value is 0.604. The molecule has 0 radical (unpaired) electrons. The standard InChI is InChI=1S/C15H33ClO3Si.H4Si/c1-4-7-12-17-20(15-10-11-16,18-13-8-5-2)19-14-9-6-3;/h4-15H2,1-3H3;1H4. The average molecular weight is 357 g/mol. The van der Waals surface area contributed by atoms with Gasteiger partial charge in [-0.05, 0) is 36.6 Å². The molecule has 0 aliphatic heterocycles. The van der Waals surface area contributed by atoms with E-state index in [2.05, 4.69) is 20.8 Å². The Kier molecular flexibility index (Phi) is 19.3. The molecule has 0 N–H and O–H groups in total. The summed E-state index contributed by atoms with van der Waals surface area (Å²) in [5.41, 5.74) is 0. The maximum absolute atomic E-state index is 6.10. The third-order valence-electron chi connectivity index (χ3n) is 3.08. The summed E-state index contributed by atoms with van der Waals surface area (Å²) in [5, 5.41) is 0. The molecular formula is C15H37ClO3Si2. The van der Waals surface area contributed by atoms with Crippen LogP contribution < -0.4 is 0 Å². The first kappa shape index (κ1) is 23.9. The van der Waals surface area contributed by atoms with Crippen LogP contribution in [0.15, 0.2) is 0 Å². The lowest BCUT2D eigenvalue weighted by Crippen LogP contribution is -2.46. The van der Waals surface area contributed by atoms with Gasteiger partial charge in [-0.2, -0.15) is 0 Å². The highest BCUT2D eigenvalue weighted by Crippen LogP contribution is 2.20. The zero-order chi connectivity index (χ0) is 15.1. The van der Waals surface area contributed by atoms with Gasteiger partial charge in [-0.1, -0.05) is 40.0 Å². The van der Waals surface area contributed by atoms with Crippen LogP contribution in [0.4, 0.5) is 0 Å². The van der Waals surface area contributed by atoms with Crippen LogP contribution in [0.1, 0.15) is 65.7 Å². The monoisotopic (exact) mass is 356 g/mol. The van der Waals surface area contributed by atoms with Crippen molar-refractivity contribution in [1.82, 2.24) is 0 Å². The Morgan fingerprint density at radius 2 is 1.10 bits per heavy atom. The summed E-state index contributed by atoms with van der Waals surface area (Å²) in [6.07, 6.45) is 7.47. The van der Waals surface area contributed by atoms with Gasteiger partial charge in [0.1, 0.15) is 0 Å². The molecule has 0 aromatic heterocycles. The van der Waals surface area contributed by atoms with Crippen LogP contribution in [0.3, 0.4) is 0 Å². The Morgan fingerprint density at radius 1 is 0.714 bits per heavy atom. The van der Waals surface area contributed by atoms with Crippen molar-refractivity contribution in [3.63, 3.8) is 0 Å². The normalized spacial score (nSPS) is 11.4. The first-order chi connectivity index (χ1) is 9.74. The van der Waals surface area contributed by atoms with E-state index in [-0.39, 0.29) is 11.0 Å². The Morgan fingerprint density at radius 3 is 1.38 bits per heavy atom. The highest BCUT2D eigenvalue weighted by Gasteiger charge is 2.40. The lowest BCUT2D eigenvalue weighted by Gasteiger charge is -2.29. The molecule has 0 rings (SSSR count). The molecule has 0 aromatic carbocycles. The first-order valence-corrected chi connectivity index (χ1v) is 10.7. The van der Waals surface area contributed by atoms with E-state index in [4.69, 9.17) is 24.9 Å². The number of unbranched alkanes of at least 4 members (excludes halogenated alkanes) is 3. The maximum atomic E-state index is 6.10. The summed E-state index contributed by atoms with van der Waals surface area (Å²) in [5.74, 6) is 0.639. The van der Waals surface area contributed by atoms with Crippen LogP contribution in [0, 0.1) is 0 Å². The van der Waals surface area contributed by atoms with Crippen LogP contribution >= 0.6 is 11.6 Å². The van der Waals surface area contributed by atoms with Gasteiger partial charge >= 0.3 is 8.80 Å². The zero-order valence-corrected chi connectivity index (χ0v) is 15.3. The molecule has 0 aromatic rings. The van der Waals surface area contributed by atoms with E-state index < -0.39 is 8.80 Å². The molecule has 0 saturated carbocycles. The van der Waals surface area contributed by atoms with Gasteiger partial charge in [-0.3, -0.25) is 0 Å². The molecule has 130 valence electrons. The molecule has 3 nitrogen and oxygen atoms in total. The molecular weight excluding hydrogens is 320 g/mol. The quantitative estimate of drug-likeness (QED) is 0.255. The topological polar surface area (TPSA) is 27.7 Å². The molecule has 0 unspecified atom stereocenters. The summed E-state index contributed by atoms with van der Waals surface area (Å²) in [7, 11) is -2.51. The van der Waals surface area contributed by atoms with E-state index in [0.29, 0.717) is 5.88 Å². The molecule has 0 spiro atoms. The second kappa shape index (κ2) is 17.0. The Labute approximate surface area is 142 Å². The average Bonchev–Trinajstić information content (AvgIpc) is 2.46. The highest BCUT2D eigenvalue weighted by atomic mass is 35.5. The van der Waals surface area contributed by atoms with Crippen LogP contribution in [0.2, 0.25) is 6.04 Å². The summed E-state index contributed by atoms with van der Waals surface area (Å²) in [6, 6.07) is 0.841. The van der Waals surface area contributed by atoms with Gasteiger partial charge in [0.05, 0.1) is 0 Å². The van der Waals surface area contributed by atoms with Crippen LogP contribution in [-0.4, -0.2) is 45.5 Å². The predicted octanol–water partition coefficient (Wildman–Crippen LogP) is 3.55. The van der Waals surface area contributed by atoms with Crippen LogP contribution in [0.5, 0.6) is 0 Å². The second-order valence-electron chi connectivity index (χ2n) is 5.08. The molecule has 0 heterocycles. The highest BCUT2D eigenvalue weighted by molar-refractivity contribution is 6.60. The van der Waals surface area contributed by atoms with Crippen LogP contribution in [-0.2, 0) is 13.3 Å². The van der Waals surface area contributed by atoms with Gasteiger partial charge in [0, 0.05) is 31.7 Å². The SMILES string of the molecule is CCCCO[Si](CCCCl)(OCCCC)OCCCC.[SiH4]. The summed E-state index contributed by atoms with van der Waals surface area (Å²) in [4.78, 5) is 0. The van der Waals surface area contributed by atoms with Crippen molar-refractivity contribution >= 4 is 31.4 Å². The predicted molar refractivity (Wildman–Crippen MR) is 99.8 cm³/mol. The maximum Gasteiger partial charge on any atom is 0.500 e. The van der Waals surface area contributed by atoms with Crippen molar-refractivity contribution in [3.05, 3.63) is 0 Å². The lowest BCUT2D eigenvalue weighted by molar-refractivity contribution is 0.0562. The van der Waals surface area contributed by atoms with E-state index in [9.17, 15) is 0 Å². The van der Waals surface area contributed by atoms with E-state index in [1.807, 2.05) is 0 Å². The van der Waals surface area contributed by atoms with Crippen molar-refractivity contribution in [2.24, 2.45) is 0 Å². The molecule has 0 amide bonds. The largest absolute Gasteiger partial charge is 0.500 e. The fourth-order valence-corrected chi connectivity index (χ4v) is 4.76. The van der Waals surface area contributed by atoms with Crippen molar-refractivity contribution in [2.45, 2.75) is 71.8 Å². The van der Waals surface area contributed by atoms with Gasteiger partial charge in [0.15, 0.2) is 0 Å². The molecule has 0 aliphatic rings. The minimum absolute atomic E-state index is 0. The van der Waals surface area contributed by atoms with E-state index in [1.54, 1.807) is 0 Å². The second-order valence-corrected chi connectivity index (χ2v) is 8.19. The van der Waals surface area contributed by atoms with Gasteiger partial charge in [-0.15, -0.1) is 11.6 Å². The zero-order valence-electron chi connectivity index (χ0n) is 13.6. The van der Waals surface area contributed by atoms with Gasteiger partial charge in [0.2, 0.25) is 0 Å². The smallest absolute Gasteiger partial charge is 0.373 e. The number of hydrogen-bond donors (Lipinski definition) is 0. The van der Waals surface area contributed by atoms with Crippen molar-refractivity contribution < 1.29 is 13.3 Å². The van der Waals surface area contributed by atoms with E-state index in [0.717, 1.165) is 70.8 Å². The van der Waals surface area contributed by atoms with E-state index in [1.165, 1.54) is 0 Å². The fourth-order valence-electron chi connectivity index (χ4n) is 1.74. The lowest BCUT2D eigenvalue weighted by atomic mass is 10.4. The number of hydrogen-bond acceptors (Lipinski definition) is 3. The van der Waals surface area contributed by atoms with Gasteiger partial charge in [-0.25, -0.2) is 0 Å². The molecule has 0 saturated heterocycles. The van der Waals surface area contributed by atoms with Gasteiger partial charge < -0.3 is 13.3 Å². The fraction of sp³-hybridized carbons (Fsp3) is 1.00. The number of alkyl halides is 1. The Bertz CT molecular complexity index is 183. The summed E-state index contributed by atoms with van der Waals surface area (Å²) in [6.45, 7) is 8.72.